The molecule has 1 unspecified atom stereocenters. The number of aryl methyl sites for hydroxylation is 1. The SMILES string of the molecule is Cc1cccc(C(=O)NC(Cc2cnc[nH]2)C(=O)O)c1F. The van der Waals surface area contributed by atoms with E-state index in [4.69, 9.17) is 5.11 Å². The Kier molecular flexibility index (Phi) is 4.32. The number of carbonyl (C=O) groups excluding carboxylic acids is 1. The number of carbonyl (C=O) groups is 2. The molecule has 0 aliphatic heterocycles. The van der Waals surface area contributed by atoms with Gasteiger partial charge in [-0.1, -0.05) is 12.1 Å². The summed E-state index contributed by atoms with van der Waals surface area (Å²) in [5.41, 5.74) is 0.710. The Labute approximate surface area is 120 Å². The van der Waals surface area contributed by atoms with Gasteiger partial charge in [0.25, 0.3) is 5.91 Å². The number of aromatic amines is 1. The van der Waals surface area contributed by atoms with Crippen molar-refractivity contribution in [2.24, 2.45) is 0 Å². The summed E-state index contributed by atoms with van der Waals surface area (Å²) < 4.78 is 13.9. The van der Waals surface area contributed by atoms with Crippen LogP contribution in [0.4, 0.5) is 4.39 Å². The highest BCUT2D eigenvalue weighted by atomic mass is 19.1. The van der Waals surface area contributed by atoms with Crippen molar-refractivity contribution in [3.63, 3.8) is 0 Å². The van der Waals surface area contributed by atoms with E-state index in [1.807, 2.05) is 0 Å². The molecule has 21 heavy (non-hydrogen) atoms. The molecule has 0 saturated carbocycles. The van der Waals surface area contributed by atoms with E-state index in [1.165, 1.54) is 37.6 Å². The molecule has 7 heteroatoms. The molecule has 2 rings (SSSR count). The van der Waals surface area contributed by atoms with Crippen molar-refractivity contribution < 1.29 is 19.1 Å². The van der Waals surface area contributed by atoms with Crippen LogP contribution in [0.2, 0.25) is 0 Å². The van der Waals surface area contributed by atoms with Crippen molar-refractivity contribution in [3.05, 3.63) is 53.4 Å². The number of amides is 1. The zero-order valence-electron chi connectivity index (χ0n) is 11.3. The first-order valence-corrected chi connectivity index (χ1v) is 6.25. The molecule has 0 spiro atoms. The van der Waals surface area contributed by atoms with Crippen LogP contribution in [-0.2, 0) is 11.2 Å². The van der Waals surface area contributed by atoms with E-state index in [-0.39, 0.29) is 12.0 Å². The Bertz CT molecular complexity index is 655. The van der Waals surface area contributed by atoms with Crippen LogP contribution in [0.15, 0.2) is 30.7 Å². The number of carboxylic acids is 1. The molecule has 0 aliphatic rings. The minimum atomic E-state index is -1.20. The van der Waals surface area contributed by atoms with E-state index in [2.05, 4.69) is 15.3 Å². The van der Waals surface area contributed by atoms with Gasteiger partial charge < -0.3 is 15.4 Å². The summed E-state index contributed by atoms with van der Waals surface area (Å²) in [7, 11) is 0. The average Bonchev–Trinajstić information content (AvgIpc) is 2.93. The second kappa shape index (κ2) is 6.17. The largest absolute Gasteiger partial charge is 0.480 e. The maximum atomic E-state index is 13.9. The Balaban J connectivity index is 2.15. The van der Waals surface area contributed by atoms with Crippen LogP contribution in [0.5, 0.6) is 0 Å². The molecule has 1 amide bonds. The predicted molar refractivity (Wildman–Crippen MR) is 72.3 cm³/mol. The quantitative estimate of drug-likeness (QED) is 0.773. The fourth-order valence-corrected chi connectivity index (χ4v) is 1.88. The van der Waals surface area contributed by atoms with Crippen LogP contribution in [0.1, 0.15) is 21.6 Å². The molecular formula is C14H14FN3O3. The molecule has 1 aromatic carbocycles. The van der Waals surface area contributed by atoms with Gasteiger partial charge in [-0.3, -0.25) is 4.79 Å². The normalized spacial score (nSPS) is 11.9. The smallest absolute Gasteiger partial charge is 0.326 e. The first-order valence-electron chi connectivity index (χ1n) is 6.25. The standard InChI is InChI=1S/C14H14FN3O3/c1-8-3-2-4-10(12(8)15)13(19)18-11(14(20)21)5-9-6-16-7-17-9/h2-4,6-7,11H,5H2,1H3,(H,16,17)(H,18,19)(H,20,21). The number of aromatic nitrogens is 2. The maximum absolute atomic E-state index is 13.9. The van der Waals surface area contributed by atoms with Gasteiger partial charge in [0.05, 0.1) is 11.9 Å². The van der Waals surface area contributed by atoms with Gasteiger partial charge in [0.15, 0.2) is 0 Å². The Morgan fingerprint density at radius 3 is 2.86 bits per heavy atom. The van der Waals surface area contributed by atoms with Gasteiger partial charge in [-0.05, 0) is 18.6 Å². The lowest BCUT2D eigenvalue weighted by molar-refractivity contribution is -0.139. The van der Waals surface area contributed by atoms with E-state index >= 15 is 0 Å². The summed E-state index contributed by atoms with van der Waals surface area (Å²) in [4.78, 5) is 29.8. The van der Waals surface area contributed by atoms with Gasteiger partial charge in [0.1, 0.15) is 11.9 Å². The third-order valence-corrected chi connectivity index (χ3v) is 3.02. The highest BCUT2D eigenvalue weighted by Crippen LogP contribution is 2.12. The summed E-state index contributed by atoms with van der Waals surface area (Å²) in [6.07, 6.45) is 2.92. The number of aliphatic carboxylic acids is 1. The molecule has 0 bridgehead atoms. The summed E-state index contributed by atoms with van der Waals surface area (Å²) >= 11 is 0. The van der Waals surface area contributed by atoms with Gasteiger partial charge in [-0.15, -0.1) is 0 Å². The molecule has 1 heterocycles. The fraction of sp³-hybridized carbons (Fsp3) is 0.214. The molecule has 1 atom stereocenters. The molecule has 0 saturated heterocycles. The van der Waals surface area contributed by atoms with Crippen LogP contribution >= 0.6 is 0 Å². The second-order valence-corrected chi connectivity index (χ2v) is 4.58. The maximum Gasteiger partial charge on any atom is 0.326 e. The Morgan fingerprint density at radius 2 is 2.24 bits per heavy atom. The van der Waals surface area contributed by atoms with Gasteiger partial charge >= 0.3 is 5.97 Å². The summed E-state index contributed by atoms with van der Waals surface area (Å²) in [6, 6.07) is 3.22. The van der Waals surface area contributed by atoms with E-state index in [0.717, 1.165) is 0 Å². The summed E-state index contributed by atoms with van der Waals surface area (Å²) in [5.74, 6) is -2.62. The van der Waals surface area contributed by atoms with Gasteiger partial charge in [-0.25, -0.2) is 14.2 Å². The molecule has 110 valence electrons. The van der Waals surface area contributed by atoms with Crippen molar-refractivity contribution in [1.29, 1.82) is 0 Å². The zero-order chi connectivity index (χ0) is 15.4. The van der Waals surface area contributed by atoms with Gasteiger partial charge in [-0.2, -0.15) is 0 Å². The van der Waals surface area contributed by atoms with Crippen molar-refractivity contribution in [2.45, 2.75) is 19.4 Å². The third-order valence-electron chi connectivity index (χ3n) is 3.02. The zero-order valence-corrected chi connectivity index (χ0v) is 11.3. The number of imidazole rings is 1. The van der Waals surface area contributed by atoms with Crippen molar-refractivity contribution in [2.75, 3.05) is 0 Å². The van der Waals surface area contributed by atoms with Crippen molar-refractivity contribution in [1.82, 2.24) is 15.3 Å². The lowest BCUT2D eigenvalue weighted by Gasteiger charge is -2.14. The lowest BCUT2D eigenvalue weighted by atomic mass is 10.1. The number of hydrogen-bond donors (Lipinski definition) is 3. The van der Waals surface area contributed by atoms with Crippen LogP contribution in [-0.4, -0.2) is 33.0 Å². The molecule has 1 aromatic heterocycles. The van der Waals surface area contributed by atoms with Crippen molar-refractivity contribution in [3.8, 4) is 0 Å². The monoisotopic (exact) mass is 291 g/mol. The molecule has 2 aromatic rings. The number of nitrogens with one attached hydrogen (secondary N) is 2. The summed E-state index contributed by atoms with van der Waals surface area (Å²) in [6.45, 7) is 1.53. The van der Waals surface area contributed by atoms with Crippen LogP contribution in [0.3, 0.4) is 0 Å². The topological polar surface area (TPSA) is 95.1 Å². The lowest BCUT2D eigenvalue weighted by Crippen LogP contribution is -2.42. The van der Waals surface area contributed by atoms with Crippen molar-refractivity contribution >= 4 is 11.9 Å². The van der Waals surface area contributed by atoms with Crippen LogP contribution in [0, 0.1) is 12.7 Å². The minimum Gasteiger partial charge on any atom is -0.480 e. The molecule has 0 aliphatic carbocycles. The predicted octanol–water partition coefficient (Wildman–Crippen LogP) is 1.28. The molecular weight excluding hydrogens is 277 g/mol. The van der Waals surface area contributed by atoms with Crippen LogP contribution in [0.25, 0.3) is 0 Å². The molecule has 3 N–H and O–H groups in total. The molecule has 0 radical (unpaired) electrons. The highest BCUT2D eigenvalue weighted by molar-refractivity contribution is 5.97. The summed E-state index contributed by atoms with van der Waals surface area (Å²) in [5, 5.41) is 11.5. The molecule has 0 fully saturated rings. The fourth-order valence-electron chi connectivity index (χ4n) is 1.88. The first-order chi connectivity index (χ1) is 9.99. The number of H-pyrrole nitrogens is 1. The van der Waals surface area contributed by atoms with E-state index < -0.39 is 23.7 Å². The van der Waals surface area contributed by atoms with Gasteiger partial charge in [0.2, 0.25) is 0 Å². The number of carboxylic acid groups (broad SMARTS) is 1. The number of rotatable bonds is 5. The first kappa shape index (κ1) is 14.7. The highest BCUT2D eigenvalue weighted by Gasteiger charge is 2.23. The van der Waals surface area contributed by atoms with Crippen LogP contribution < -0.4 is 5.32 Å². The number of benzene rings is 1. The van der Waals surface area contributed by atoms with E-state index in [9.17, 15) is 14.0 Å². The van der Waals surface area contributed by atoms with E-state index in [0.29, 0.717) is 11.3 Å². The molecule has 6 nitrogen and oxygen atoms in total. The Hall–Kier alpha value is -2.70. The third kappa shape index (κ3) is 3.44. The second-order valence-electron chi connectivity index (χ2n) is 4.58. The van der Waals surface area contributed by atoms with E-state index in [1.54, 1.807) is 0 Å². The number of hydrogen-bond acceptors (Lipinski definition) is 3. The average molecular weight is 291 g/mol. The Morgan fingerprint density at radius 1 is 1.48 bits per heavy atom. The van der Waals surface area contributed by atoms with Gasteiger partial charge in [0, 0.05) is 18.3 Å². The number of halogens is 1. The number of nitrogens with zero attached hydrogens (tertiary/aromatic N) is 1. The minimum absolute atomic E-state index is 0.0362.